The minimum Gasteiger partial charge on any atom is -0.372 e. The Kier molecular flexibility index (Phi) is 6.55. The summed E-state index contributed by atoms with van der Waals surface area (Å²) in [6.07, 6.45) is 1.96. The molecule has 1 aliphatic heterocycles. The highest BCUT2D eigenvalue weighted by atomic mass is 16.5. The predicted molar refractivity (Wildman–Crippen MR) is 121 cm³/mol. The van der Waals surface area contributed by atoms with Gasteiger partial charge in [0.2, 0.25) is 5.91 Å². The molecule has 2 unspecified atom stereocenters. The molecule has 2 N–H and O–H groups in total. The van der Waals surface area contributed by atoms with Crippen LogP contribution >= 0.6 is 0 Å². The zero-order valence-corrected chi connectivity index (χ0v) is 18.5. The minimum atomic E-state index is -0.193. The summed E-state index contributed by atoms with van der Waals surface area (Å²) in [6.45, 7) is 5.48. The number of rotatable bonds is 6. The summed E-state index contributed by atoms with van der Waals surface area (Å²) in [7, 11) is 0. The summed E-state index contributed by atoms with van der Waals surface area (Å²) in [4.78, 5) is 38.8. The van der Waals surface area contributed by atoms with E-state index in [1.54, 1.807) is 36.4 Å². The molecule has 0 aromatic heterocycles. The number of ether oxygens (including phenoxy) is 1. The third-order valence-corrected chi connectivity index (χ3v) is 5.72. The van der Waals surface area contributed by atoms with Gasteiger partial charge in [-0.15, -0.1) is 0 Å². The molecule has 3 amide bonds. The summed E-state index contributed by atoms with van der Waals surface area (Å²) in [5, 5.41) is 5.75. The maximum Gasteiger partial charge on any atom is 0.254 e. The van der Waals surface area contributed by atoms with Crippen LogP contribution in [0.5, 0.6) is 0 Å². The molecule has 2 atom stereocenters. The first-order valence-corrected chi connectivity index (χ1v) is 11.1. The van der Waals surface area contributed by atoms with Crippen LogP contribution in [0.25, 0.3) is 0 Å². The van der Waals surface area contributed by atoms with E-state index in [0.717, 1.165) is 18.4 Å². The van der Waals surface area contributed by atoms with E-state index in [1.807, 2.05) is 30.9 Å². The van der Waals surface area contributed by atoms with Gasteiger partial charge in [-0.1, -0.05) is 12.1 Å². The van der Waals surface area contributed by atoms with Gasteiger partial charge in [0.25, 0.3) is 11.8 Å². The van der Waals surface area contributed by atoms with Crippen molar-refractivity contribution in [2.24, 2.45) is 5.92 Å². The van der Waals surface area contributed by atoms with Crippen LogP contribution < -0.4 is 10.6 Å². The third-order valence-electron chi connectivity index (χ3n) is 5.72. The lowest BCUT2D eigenvalue weighted by molar-refractivity contribution is -0.117. The Bertz CT molecular complexity index is 973. The van der Waals surface area contributed by atoms with Gasteiger partial charge in [0, 0.05) is 42.4 Å². The number of hydrogen-bond acceptors (Lipinski definition) is 4. The summed E-state index contributed by atoms with van der Waals surface area (Å²) >= 11 is 0. The molecule has 1 saturated heterocycles. The van der Waals surface area contributed by atoms with Crippen LogP contribution in [0.15, 0.2) is 48.5 Å². The molecule has 1 saturated carbocycles. The minimum absolute atomic E-state index is 0.00329. The van der Waals surface area contributed by atoms with E-state index >= 15 is 0 Å². The molecule has 0 bridgehead atoms. The van der Waals surface area contributed by atoms with Crippen molar-refractivity contribution in [1.82, 2.24) is 10.2 Å². The van der Waals surface area contributed by atoms with Crippen LogP contribution in [0, 0.1) is 5.92 Å². The third kappa shape index (κ3) is 5.53. The van der Waals surface area contributed by atoms with E-state index < -0.39 is 0 Å². The van der Waals surface area contributed by atoms with Crippen molar-refractivity contribution in [3.63, 3.8) is 0 Å². The second-order valence-corrected chi connectivity index (χ2v) is 8.69. The number of nitrogens with one attached hydrogen (secondary N) is 2. The van der Waals surface area contributed by atoms with Crippen LogP contribution in [0.2, 0.25) is 0 Å². The van der Waals surface area contributed by atoms with E-state index in [2.05, 4.69) is 10.6 Å². The molecule has 2 aromatic rings. The number of benzene rings is 2. The first-order valence-electron chi connectivity index (χ1n) is 11.1. The Morgan fingerprint density at radius 2 is 1.50 bits per heavy atom. The molecule has 7 nitrogen and oxygen atoms in total. The molecule has 1 aliphatic carbocycles. The molecule has 7 heteroatoms. The van der Waals surface area contributed by atoms with E-state index in [-0.39, 0.29) is 35.8 Å². The largest absolute Gasteiger partial charge is 0.372 e. The van der Waals surface area contributed by atoms with Crippen molar-refractivity contribution in [2.45, 2.75) is 45.4 Å². The van der Waals surface area contributed by atoms with Crippen molar-refractivity contribution in [2.75, 3.05) is 18.4 Å². The lowest BCUT2D eigenvalue weighted by Crippen LogP contribution is -2.48. The van der Waals surface area contributed by atoms with E-state index in [1.165, 1.54) is 0 Å². The van der Waals surface area contributed by atoms with Crippen molar-refractivity contribution in [3.05, 3.63) is 65.2 Å². The smallest absolute Gasteiger partial charge is 0.254 e. The second kappa shape index (κ2) is 9.53. The van der Waals surface area contributed by atoms with E-state index in [4.69, 9.17) is 4.74 Å². The summed E-state index contributed by atoms with van der Waals surface area (Å²) in [6, 6.07) is 14.2. The van der Waals surface area contributed by atoms with E-state index in [0.29, 0.717) is 36.4 Å². The predicted octanol–water partition coefficient (Wildman–Crippen LogP) is 3.21. The normalized spacial score (nSPS) is 20.5. The van der Waals surface area contributed by atoms with Gasteiger partial charge >= 0.3 is 0 Å². The number of carbonyl (C=O) groups excluding carboxylic acids is 3. The average molecular weight is 436 g/mol. The Balaban J connectivity index is 1.28. The Labute approximate surface area is 188 Å². The van der Waals surface area contributed by atoms with Gasteiger partial charge in [-0.25, -0.2) is 0 Å². The molecular formula is C25H29N3O4. The summed E-state index contributed by atoms with van der Waals surface area (Å²) in [5.41, 5.74) is 2.76. The summed E-state index contributed by atoms with van der Waals surface area (Å²) < 4.78 is 5.69. The quantitative estimate of drug-likeness (QED) is 0.729. The highest BCUT2D eigenvalue weighted by Gasteiger charge is 2.29. The van der Waals surface area contributed by atoms with Crippen LogP contribution in [0.1, 0.15) is 53.0 Å². The zero-order chi connectivity index (χ0) is 22.7. The van der Waals surface area contributed by atoms with Crippen molar-refractivity contribution >= 4 is 23.4 Å². The number of amides is 3. The monoisotopic (exact) mass is 435 g/mol. The fourth-order valence-electron chi connectivity index (χ4n) is 3.87. The average Bonchev–Trinajstić information content (AvgIpc) is 3.63. The fraction of sp³-hybridized carbons (Fsp3) is 0.400. The lowest BCUT2D eigenvalue weighted by atomic mass is 10.1. The van der Waals surface area contributed by atoms with Crippen molar-refractivity contribution in [3.8, 4) is 0 Å². The molecule has 0 spiro atoms. The van der Waals surface area contributed by atoms with Gasteiger partial charge in [0.15, 0.2) is 0 Å². The lowest BCUT2D eigenvalue weighted by Gasteiger charge is -2.35. The van der Waals surface area contributed by atoms with Gasteiger partial charge in [-0.3, -0.25) is 14.4 Å². The van der Waals surface area contributed by atoms with E-state index in [9.17, 15) is 14.4 Å². The highest BCUT2D eigenvalue weighted by Crippen LogP contribution is 2.30. The van der Waals surface area contributed by atoms with Crippen molar-refractivity contribution in [1.29, 1.82) is 0 Å². The molecule has 32 heavy (non-hydrogen) atoms. The van der Waals surface area contributed by atoms with Gasteiger partial charge in [-0.05, 0) is 68.7 Å². The Morgan fingerprint density at radius 3 is 2.09 bits per heavy atom. The van der Waals surface area contributed by atoms with Gasteiger partial charge < -0.3 is 20.3 Å². The fourth-order valence-corrected chi connectivity index (χ4v) is 3.87. The Morgan fingerprint density at radius 1 is 0.906 bits per heavy atom. The van der Waals surface area contributed by atoms with Gasteiger partial charge in [-0.2, -0.15) is 0 Å². The second-order valence-electron chi connectivity index (χ2n) is 8.69. The maximum atomic E-state index is 12.8. The van der Waals surface area contributed by atoms with Crippen molar-refractivity contribution < 1.29 is 19.1 Å². The molecule has 4 rings (SSSR count). The number of nitrogens with zero attached hydrogens (tertiary/aromatic N) is 1. The van der Waals surface area contributed by atoms with Crippen LogP contribution in [0.3, 0.4) is 0 Å². The molecule has 2 fully saturated rings. The highest BCUT2D eigenvalue weighted by molar-refractivity contribution is 5.97. The number of hydrogen-bond donors (Lipinski definition) is 2. The SMILES string of the molecule is CC1CN(C(=O)c2ccc(CNC(=O)c3ccc(NC(=O)C4CC4)cc3)cc2)CC(C)O1. The Hall–Kier alpha value is -3.19. The topological polar surface area (TPSA) is 87.7 Å². The van der Waals surface area contributed by atoms with Gasteiger partial charge in [0.1, 0.15) is 0 Å². The summed E-state index contributed by atoms with van der Waals surface area (Å²) in [5.74, 6) is -0.0135. The first-order chi connectivity index (χ1) is 15.4. The molecule has 1 heterocycles. The van der Waals surface area contributed by atoms with Crippen LogP contribution in [0.4, 0.5) is 5.69 Å². The van der Waals surface area contributed by atoms with Crippen LogP contribution in [-0.2, 0) is 16.1 Å². The first kappa shape index (κ1) is 22.0. The number of morpholine rings is 1. The van der Waals surface area contributed by atoms with Gasteiger partial charge in [0.05, 0.1) is 12.2 Å². The molecule has 0 radical (unpaired) electrons. The molecule has 2 aromatic carbocycles. The number of carbonyl (C=O) groups is 3. The number of anilines is 1. The van der Waals surface area contributed by atoms with Crippen LogP contribution in [-0.4, -0.2) is 47.9 Å². The molecule has 2 aliphatic rings. The molecule has 168 valence electrons. The maximum absolute atomic E-state index is 12.8. The molecular weight excluding hydrogens is 406 g/mol. The standard InChI is InChI=1S/C25H29N3O4/c1-16-14-28(15-17(2)32-16)25(31)21-5-3-18(4-6-21)13-26-23(29)19-9-11-22(12-10-19)27-24(30)20-7-8-20/h3-6,9-12,16-17,20H,7-8,13-15H2,1-2H3,(H,26,29)(H,27,30). The zero-order valence-electron chi connectivity index (χ0n) is 18.5.